The molecule has 2 aliphatic rings. The fraction of sp³-hybridized carbons (Fsp3) is 0.350. The molecule has 1 aliphatic carbocycles. The number of hydrogen-bond acceptors (Lipinski definition) is 6. The molecular weight excluding hydrogens is 586 g/mol. The molecule has 2 fully saturated rings. The monoisotopic (exact) mass is 631 g/mol. The Labute approximate surface area is 278 Å². The average Bonchev–Trinajstić information content (AvgIpc) is 3.67. The number of rotatable bonds is 12. The van der Waals surface area contributed by atoms with Gasteiger partial charge in [-0.2, -0.15) is 0 Å². The van der Waals surface area contributed by atoms with Crippen molar-refractivity contribution in [3.63, 3.8) is 0 Å². The van der Waals surface area contributed by atoms with Gasteiger partial charge < -0.3 is 19.9 Å². The minimum absolute atomic E-state index is 0.0124. The van der Waals surface area contributed by atoms with Crippen LogP contribution in [0.5, 0.6) is 0 Å². The highest BCUT2D eigenvalue weighted by molar-refractivity contribution is 5.93. The number of aliphatic hydroxyl groups excluding tert-OH is 1. The van der Waals surface area contributed by atoms with E-state index < -0.39 is 6.29 Å². The predicted octanol–water partition coefficient (Wildman–Crippen LogP) is 7.39. The van der Waals surface area contributed by atoms with Gasteiger partial charge in [-0.05, 0) is 64.9 Å². The van der Waals surface area contributed by atoms with Crippen molar-refractivity contribution >= 4 is 5.91 Å². The van der Waals surface area contributed by atoms with E-state index >= 15 is 0 Å². The Balaban J connectivity index is 1.24. The molecule has 1 aromatic heterocycles. The number of carbonyl (C=O) groups excluding carboxylic acids is 1. The zero-order valence-corrected chi connectivity index (χ0v) is 27.1. The van der Waals surface area contributed by atoms with Gasteiger partial charge in [-0.15, -0.1) is 6.58 Å². The molecule has 3 aromatic carbocycles. The van der Waals surface area contributed by atoms with Gasteiger partial charge in [0, 0.05) is 49.6 Å². The van der Waals surface area contributed by atoms with Gasteiger partial charge in [0.25, 0.3) is 5.91 Å². The standard InChI is InChI=1S/C40H45N3O4/c1-3-21-43(36-14-4-5-15-36)26-37-28(2)38(31-18-16-29(27-44)17-19-31)47-40(46-37)34-12-7-11-33(23-34)32-10-6-9-30(22-32)24-42-39(45)35-13-8-20-41-25-35/h3,6-13,16-20,22-23,25,28,36-38,40,44H,1,4-5,14-15,21,24,26-27H2,2H3,(H,42,45)/t28-,37+,38+,40+/m0/s1. The number of carbonyl (C=O) groups is 1. The van der Waals surface area contributed by atoms with Crippen LogP contribution in [0.4, 0.5) is 0 Å². The predicted molar refractivity (Wildman–Crippen MR) is 184 cm³/mol. The highest BCUT2D eigenvalue weighted by atomic mass is 16.7. The number of pyridine rings is 1. The fourth-order valence-electron chi connectivity index (χ4n) is 6.87. The molecule has 1 aliphatic heterocycles. The summed E-state index contributed by atoms with van der Waals surface area (Å²) in [6.45, 7) is 8.36. The molecule has 1 saturated carbocycles. The quantitative estimate of drug-likeness (QED) is 0.159. The summed E-state index contributed by atoms with van der Waals surface area (Å²) in [5.41, 5.74) is 6.57. The van der Waals surface area contributed by atoms with Gasteiger partial charge in [0.15, 0.2) is 6.29 Å². The van der Waals surface area contributed by atoms with Crippen LogP contribution in [0.15, 0.2) is 110 Å². The summed E-state index contributed by atoms with van der Waals surface area (Å²) < 4.78 is 13.6. The van der Waals surface area contributed by atoms with Crippen molar-refractivity contribution < 1.29 is 19.4 Å². The third-order valence-corrected chi connectivity index (χ3v) is 9.54. The van der Waals surface area contributed by atoms with E-state index in [-0.39, 0.29) is 30.6 Å². The zero-order chi connectivity index (χ0) is 32.6. The van der Waals surface area contributed by atoms with Gasteiger partial charge in [0.1, 0.15) is 0 Å². The number of amides is 1. The van der Waals surface area contributed by atoms with Crippen molar-refractivity contribution in [2.24, 2.45) is 5.92 Å². The first-order valence-electron chi connectivity index (χ1n) is 16.8. The number of nitrogens with zero attached hydrogens (tertiary/aromatic N) is 2. The van der Waals surface area contributed by atoms with Crippen LogP contribution in [0.25, 0.3) is 11.1 Å². The van der Waals surface area contributed by atoms with Gasteiger partial charge in [0.2, 0.25) is 0 Å². The Bertz CT molecular complexity index is 1620. The molecule has 2 heterocycles. The SMILES string of the molecule is C=CCN(C[C@H]1O[C@@H](c2cccc(-c3cccc(CNC(=O)c4cccnc4)c3)c2)O[C@@H](c2ccc(CO)cc2)[C@H]1C)C1CCCC1. The van der Waals surface area contributed by atoms with Crippen LogP contribution < -0.4 is 5.32 Å². The Morgan fingerprint density at radius 1 is 0.957 bits per heavy atom. The molecule has 4 aromatic rings. The number of benzene rings is 3. The molecule has 7 heteroatoms. The van der Waals surface area contributed by atoms with E-state index in [0.717, 1.165) is 46.5 Å². The number of aromatic nitrogens is 1. The second-order valence-corrected chi connectivity index (χ2v) is 12.8. The molecular formula is C40H45N3O4. The Hall–Kier alpha value is -4.14. The zero-order valence-electron chi connectivity index (χ0n) is 27.1. The summed E-state index contributed by atoms with van der Waals surface area (Å²) in [5.74, 6) is -0.0392. The van der Waals surface area contributed by atoms with Crippen LogP contribution >= 0.6 is 0 Å². The minimum Gasteiger partial charge on any atom is -0.392 e. The van der Waals surface area contributed by atoms with Crippen molar-refractivity contribution in [1.82, 2.24) is 15.2 Å². The van der Waals surface area contributed by atoms with E-state index in [1.807, 2.05) is 30.3 Å². The van der Waals surface area contributed by atoms with Crippen LogP contribution in [-0.4, -0.2) is 46.1 Å². The van der Waals surface area contributed by atoms with Crippen LogP contribution in [0.2, 0.25) is 0 Å². The summed E-state index contributed by atoms with van der Waals surface area (Å²) in [5, 5.41) is 12.6. The second-order valence-electron chi connectivity index (χ2n) is 12.8. The summed E-state index contributed by atoms with van der Waals surface area (Å²) in [4.78, 5) is 19.2. The van der Waals surface area contributed by atoms with E-state index in [0.29, 0.717) is 18.2 Å². The molecule has 0 unspecified atom stereocenters. The maximum atomic E-state index is 12.6. The maximum absolute atomic E-state index is 12.6. The summed E-state index contributed by atoms with van der Waals surface area (Å²) in [6.07, 6.45) is 9.45. The van der Waals surface area contributed by atoms with Crippen molar-refractivity contribution in [3.05, 3.63) is 138 Å². The third kappa shape index (κ3) is 8.06. The number of aliphatic hydroxyl groups is 1. The lowest BCUT2D eigenvalue weighted by atomic mass is 9.89. The lowest BCUT2D eigenvalue weighted by Gasteiger charge is -2.43. The molecule has 244 valence electrons. The normalized spacial score (nSPS) is 21.5. The van der Waals surface area contributed by atoms with Crippen LogP contribution in [0.1, 0.15) is 77.6 Å². The molecule has 1 amide bonds. The summed E-state index contributed by atoms with van der Waals surface area (Å²) >= 11 is 0. The summed E-state index contributed by atoms with van der Waals surface area (Å²) in [7, 11) is 0. The third-order valence-electron chi connectivity index (χ3n) is 9.54. The highest BCUT2D eigenvalue weighted by Gasteiger charge is 2.40. The van der Waals surface area contributed by atoms with E-state index in [9.17, 15) is 9.90 Å². The van der Waals surface area contributed by atoms with Crippen LogP contribution in [-0.2, 0) is 22.6 Å². The van der Waals surface area contributed by atoms with Gasteiger partial charge in [-0.3, -0.25) is 14.7 Å². The van der Waals surface area contributed by atoms with Crippen LogP contribution in [0.3, 0.4) is 0 Å². The van der Waals surface area contributed by atoms with E-state index in [2.05, 4.69) is 77.2 Å². The van der Waals surface area contributed by atoms with Crippen molar-refractivity contribution in [2.75, 3.05) is 13.1 Å². The molecule has 0 spiro atoms. The molecule has 2 N–H and O–H groups in total. The van der Waals surface area contributed by atoms with Crippen molar-refractivity contribution in [2.45, 2.75) is 70.3 Å². The summed E-state index contributed by atoms with van der Waals surface area (Å²) in [6, 6.07) is 28.7. The minimum atomic E-state index is -0.546. The smallest absolute Gasteiger partial charge is 0.253 e. The van der Waals surface area contributed by atoms with Crippen molar-refractivity contribution in [3.8, 4) is 11.1 Å². The van der Waals surface area contributed by atoms with E-state index in [1.54, 1.807) is 24.5 Å². The lowest BCUT2D eigenvalue weighted by molar-refractivity contribution is -0.276. The van der Waals surface area contributed by atoms with E-state index in [4.69, 9.17) is 9.47 Å². The van der Waals surface area contributed by atoms with E-state index in [1.165, 1.54) is 25.7 Å². The van der Waals surface area contributed by atoms with Crippen molar-refractivity contribution in [1.29, 1.82) is 0 Å². The van der Waals surface area contributed by atoms with Gasteiger partial charge in [0.05, 0.1) is 24.4 Å². The molecule has 47 heavy (non-hydrogen) atoms. The second kappa shape index (κ2) is 15.6. The maximum Gasteiger partial charge on any atom is 0.253 e. The molecule has 7 nitrogen and oxygen atoms in total. The molecule has 6 rings (SSSR count). The fourth-order valence-corrected chi connectivity index (χ4v) is 6.87. The number of ether oxygens (including phenoxy) is 2. The Morgan fingerprint density at radius 2 is 1.72 bits per heavy atom. The lowest BCUT2D eigenvalue weighted by Crippen LogP contribution is -2.47. The Morgan fingerprint density at radius 3 is 2.45 bits per heavy atom. The number of hydrogen-bond donors (Lipinski definition) is 2. The van der Waals surface area contributed by atoms with Gasteiger partial charge >= 0.3 is 0 Å². The van der Waals surface area contributed by atoms with Gasteiger partial charge in [-0.1, -0.05) is 86.5 Å². The molecule has 4 atom stereocenters. The Kier molecular flexibility index (Phi) is 10.9. The molecule has 0 bridgehead atoms. The first-order valence-corrected chi connectivity index (χ1v) is 16.8. The first kappa shape index (κ1) is 32.8. The highest BCUT2D eigenvalue weighted by Crippen LogP contribution is 2.43. The topological polar surface area (TPSA) is 83.9 Å². The average molecular weight is 632 g/mol. The number of nitrogens with one attached hydrogen (secondary N) is 1. The molecule has 0 radical (unpaired) electrons. The van der Waals surface area contributed by atoms with Crippen LogP contribution in [0, 0.1) is 5.92 Å². The van der Waals surface area contributed by atoms with Gasteiger partial charge in [-0.25, -0.2) is 0 Å². The largest absolute Gasteiger partial charge is 0.392 e. The first-order chi connectivity index (χ1) is 23.0. The molecule has 1 saturated heterocycles.